The highest BCUT2D eigenvalue weighted by Crippen LogP contribution is 2.21. The molecule has 1 unspecified atom stereocenters. The molecule has 0 aromatic carbocycles. The van der Waals surface area contributed by atoms with E-state index < -0.39 is 0 Å². The molecular formula is C20H23N5O. The van der Waals surface area contributed by atoms with Gasteiger partial charge in [0.25, 0.3) is 0 Å². The summed E-state index contributed by atoms with van der Waals surface area (Å²) in [6, 6.07) is 9.93. The van der Waals surface area contributed by atoms with E-state index in [4.69, 9.17) is 0 Å². The molecular weight excluding hydrogens is 326 g/mol. The van der Waals surface area contributed by atoms with E-state index in [-0.39, 0.29) is 11.8 Å². The number of amides is 1. The van der Waals surface area contributed by atoms with E-state index in [0.717, 1.165) is 36.5 Å². The number of rotatable bonds is 4. The van der Waals surface area contributed by atoms with Gasteiger partial charge in [-0.1, -0.05) is 12.1 Å². The lowest BCUT2D eigenvalue weighted by Gasteiger charge is -2.32. The number of nitrogens with zero attached hydrogens (tertiary/aromatic N) is 4. The molecule has 3 aromatic heterocycles. The molecule has 6 heteroatoms. The van der Waals surface area contributed by atoms with Crippen LogP contribution >= 0.6 is 0 Å². The first-order valence-corrected chi connectivity index (χ1v) is 9.07. The Balaban J connectivity index is 1.38. The molecule has 4 heterocycles. The number of carbonyl (C=O) groups excluding carboxylic acids is 1. The lowest BCUT2D eigenvalue weighted by Crippen LogP contribution is -2.43. The number of hydrogen-bond acceptors (Lipinski definition) is 4. The first kappa shape index (κ1) is 16.6. The number of nitrogens with one attached hydrogen (secondary N) is 1. The van der Waals surface area contributed by atoms with Gasteiger partial charge in [0.2, 0.25) is 5.91 Å². The van der Waals surface area contributed by atoms with Gasteiger partial charge in [0.05, 0.1) is 18.2 Å². The Labute approximate surface area is 152 Å². The molecule has 1 aliphatic heterocycles. The molecule has 26 heavy (non-hydrogen) atoms. The van der Waals surface area contributed by atoms with Crippen molar-refractivity contribution in [2.45, 2.75) is 26.3 Å². The normalized spacial score (nSPS) is 17.4. The third-order valence-corrected chi connectivity index (χ3v) is 4.86. The van der Waals surface area contributed by atoms with Crippen molar-refractivity contribution in [3.05, 3.63) is 60.2 Å². The highest BCUT2D eigenvalue weighted by atomic mass is 16.1. The number of fused-ring (bicyclic) bond motifs is 1. The second-order valence-electron chi connectivity index (χ2n) is 6.90. The van der Waals surface area contributed by atoms with Crippen molar-refractivity contribution in [2.75, 3.05) is 18.0 Å². The molecule has 1 aliphatic rings. The summed E-state index contributed by atoms with van der Waals surface area (Å²) in [6.45, 7) is 4.18. The summed E-state index contributed by atoms with van der Waals surface area (Å²) in [5, 5.41) is 3.05. The fourth-order valence-corrected chi connectivity index (χ4v) is 3.50. The summed E-state index contributed by atoms with van der Waals surface area (Å²) in [5.41, 5.74) is 2.96. The van der Waals surface area contributed by atoms with Gasteiger partial charge >= 0.3 is 0 Å². The predicted octanol–water partition coefficient (Wildman–Crippen LogP) is 2.57. The number of aromatic nitrogens is 3. The van der Waals surface area contributed by atoms with Gasteiger partial charge in [-0.2, -0.15) is 0 Å². The van der Waals surface area contributed by atoms with Gasteiger partial charge in [0, 0.05) is 31.7 Å². The maximum Gasteiger partial charge on any atom is 0.225 e. The van der Waals surface area contributed by atoms with E-state index >= 15 is 0 Å². The molecule has 3 aromatic rings. The van der Waals surface area contributed by atoms with Crippen molar-refractivity contribution in [1.82, 2.24) is 19.7 Å². The average molecular weight is 349 g/mol. The van der Waals surface area contributed by atoms with E-state index in [9.17, 15) is 4.79 Å². The Kier molecular flexibility index (Phi) is 4.56. The predicted molar refractivity (Wildman–Crippen MR) is 101 cm³/mol. The SMILES string of the molecule is Cc1ccc2nc(CNC(=O)C3CCCN(c4ccccn4)C3)cn2c1. The van der Waals surface area contributed by atoms with Crippen LogP contribution in [0.3, 0.4) is 0 Å². The summed E-state index contributed by atoms with van der Waals surface area (Å²) < 4.78 is 2.00. The summed E-state index contributed by atoms with van der Waals surface area (Å²) in [6.07, 6.45) is 7.73. The van der Waals surface area contributed by atoms with Crippen LogP contribution in [0.25, 0.3) is 5.65 Å². The summed E-state index contributed by atoms with van der Waals surface area (Å²) in [4.78, 5) is 23.8. The molecule has 6 nitrogen and oxygen atoms in total. The van der Waals surface area contributed by atoms with E-state index in [0.29, 0.717) is 13.1 Å². The first-order valence-electron chi connectivity index (χ1n) is 9.07. The van der Waals surface area contributed by atoms with E-state index in [1.54, 1.807) is 6.20 Å². The summed E-state index contributed by atoms with van der Waals surface area (Å²) >= 11 is 0. The number of pyridine rings is 2. The average Bonchev–Trinajstić information content (AvgIpc) is 3.09. The maximum atomic E-state index is 12.6. The van der Waals surface area contributed by atoms with Crippen LogP contribution in [0.4, 0.5) is 5.82 Å². The van der Waals surface area contributed by atoms with Crippen LogP contribution in [0, 0.1) is 12.8 Å². The topological polar surface area (TPSA) is 62.5 Å². The number of piperidine rings is 1. The standard InChI is InChI=1S/C20H23N5O/c1-15-7-8-19-23-17(14-25(19)12-15)11-22-20(26)16-5-4-10-24(13-16)18-6-2-3-9-21-18/h2-3,6-9,12,14,16H,4-5,10-11,13H2,1H3,(H,22,26). The number of imidazole rings is 1. The largest absolute Gasteiger partial charge is 0.356 e. The highest BCUT2D eigenvalue weighted by Gasteiger charge is 2.26. The highest BCUT2D eigenvalue weighted by molar-refractivity contribution is 5.79. The Bertz CT molecular complexity index is 905. The molecule has 0 spiro atoms. The van der Waals surface area contributed by atoms with Crippen LogP contribution in [0.5, 0.6) is 0 Å². The van der Waals surface area contributed by atoms with E-state index in [1.807, 2.05) is 47.1 Å². The van der Waals surface area contributed by atoms with Gasteiger partial charge in [-0.3, -0.25) is 4.79 Å². The minimum Gasteiger partial charge on any atom is -0.356 e. The van der Waals surface area contributed by atoms with E-state index in [2.05, 4.69) is 27.1 Å². The third kappa shape index (κ3) is 3.54. The van der Waals surface area contributed by atoms with Crippen LogP contribution < -0.4 is 10.2 Å². The molecule has 1 saturated heterocycles. The second kappa shape index (κ2) is 7.15. The molecule has 1 atom stereocenters. The molecule has 1 fully saturated rings. The van der Waals surface area contributed by atoms with Crippen molar-refractivity contribution in [1.29, 1.82) is 0 Å². The van der Waals surface area contributed by atoms with Crippen molar-refractivity contribution < 1.29 is 4.79 Å². The second-order valence-corrected chi connectivity index (χ2v) is 6.90. The maximum absolute atomic E-state index is 12.6. The molecule has 0 bridgehead atoms. The minimum absolute atomic E-state index is 0.00923. The smallest absolute Gasteiger partial charge is 0.225 e. The molecule has 0 radical (unpaired) electrons. The lowest BCUT2D eigenvalue weighted by atomic mass is 9.97. The van der Waals surface area contributed by atoms with Crippen LogP contribution in [0.1, 0.15) is 24.1 Å². The fourth-order valence-electron chi connectivity index (χ4n) is 3.50. The molecule has 0 aliphatic carbocycles. The van der Waals surface area contributed by atoms with Gasteiger partial charge in [0.1, 0.15) is 11.5 Å². The number of aryl methyl sites for hydroxylation is 1. The fraction of sp³-hybridized carbons (Fsp3) is 0.350. The molecule has 1 amide bonds. The molecule has 134 valence electrons. The molecule has 0 saturated carbocycles. The number of anilines is 1. The van der Waals surface area contributed by atoms with Gasteiger partial charge in [-0.15, -0.1) is 0 Å². The van der Waals surface area contributed by atoms with Gasteiger partial charge < -0.3 is 14.6 Å². The molecule has 4 rings (SSSR count). The van der Waals surface area contributed by atoms with Crippen molar-refractivity contribution in [2.24, 2.45) is 5.92 Å². The van der Waals surface area contributed by atoms with E-state index in [1.165, 1.54) is 5.56 Å². The van der Waals surface area contributed by atoms with Crippen molar-refractivity contribution >= 4 is 17.4 Å². The summed E-state index contributed by atoms with van der Waals surface area (Å²) in [7, 11) is 0. The quantitative estimate of drug-likeness (QED) is 0.786. The number of carbonyl (C=O) groups is 1. The number of hydrogen-bond donors (Lipinski definition) is 1. The van der Waals surface area contributed by atoms with Crippen LogP contribution in [0.15, 0.2) is 48.9 Å². The van der Waals surface area contributed by atoms with Gasteiger partial charge in [-0.05, 0) is 43.5 Å². The van der Waals surface area contributed by atoms with Crippen LogP contribution in [-0.4, -0.2) is 33.4 Å². The zero-order valence-corrected chi connectivity index (χ0v) is 14.9. The van der Waals surface area contributed by atoms with Gasteiger partial charge in [-0.25, -0.2) is 9.97 Å². The summed E-state index contributed by atoms with van der Waals surface area (Å²) in [5.74, 6) is 1.03. The minimum atomic E-state index is -0.00923. The monoisotopic (exact) mass is 349 g/mol. The Morgan fingerprint density at radius 1 is 1.27 bits per heavy atom. The third-order valence-electron chi connectivity index (χ3n) is 4.86. The first-order chi connectivity index (χ1) is 12.7. The lowest BCUT2D eigenvalue weighted by molar-refractivity contribution is -0.125. The zero-order chi connectivity index (χ0) is 17.9. The Morgan fingerprint density at radius 3 is 3.04 bits per heavy atom. The van der Waals surface area contributed by atoms with Crippen molar-refractivity contribution in [3.8, 4) is 0 Å². The zero-order valence-electron chi connectivity index (χ0n) is 14.9. The van der Waals surface area contributed by atoms with Crippen molar-refractivity contribution in [3.63, 3.8) is 0 Å². The molecule has 1 N–H and O–H groups in total. The van der Waals surface area contributed by atoms with Crippen LogP contribution in [-0.2, 0) is 11.3 Å². The Hall–Kier alpha value is -2.89. The Morgan fingerprint density at radius 2 is 2.19 bits per heavy atom. The van der Waals surface area contributed by atoms with Gasteiger partial charge in [0.15, 0.2) is 0 Å². The van der Waals surface area contributed by atoms with Crippen LogP contribution in [0.2, 0.25) is 0 Å².